The average Bonchev–Trinajstić information content (AvgIpc) is 3.36. The van der Waals surface area contributed by atoms with E-state index in [1.807, 2.05) is 42.5 Å². The summed E-state index contributed by atoms with van der Waals surface area (Å²) in [6.45, 7) is 5.36. The van der Waals surface area contributed by atoms with Crippen LogP contribution in [0.4, 0.5) is 4.79 Å². The zero-order valence-corrected chi connectivity index (χ0v) is 28.8. The van der Waals surface area contributed by atoms with E-state index < -0.39 is 53.1 Å². The van der Waals surface area contributed by atoms with E-state index in [0.717, 1.165) is 29.5 Å². The third kappa shape index (κ3) is 8.33. The quantitative estimate of drug-likeness (QED) is 0.241. The van der Waals surface area contributed by atoms with Crippen molar-refractivity contribution in [1.29, 1.82) is 0 Å². The number of ether oxygens (including phenoxy) is 2. The van der Waals surface area contributed by atoms with E-state index >= 15 is 0 Å². The summed E-state index contributed by atoms with van der Waals surface area (Å²) in [5.74, 6) is -1.17. The molecule has 1 saturated heterocycles. The molecule has 5 atom stereocenters. The highest BCUT2D eigenvalue weighted by Gasteiger charge is 2.61. The van der Waals surface area contributed by atoms with Crippen LogP contribution in [-0.2, 0) is 19.1 Å². The summed E-state index contributed by atoms with van der Waals surface area (Å²) in [5, 5.41) is 6.21. The lowest BCUT2D eigenvalue weighted by Gasteiger charge is -2.30. The van der Waals surface area contributed by atoms with Crippen molar-refractivity contribution in [2.24, 2.45) is 5.92 Å². The number of hydroxylamine groups is 1. The molecule has 0 radical (unpaired) electrons. The zero-order valence-electron chi connectivity index (χ0n) is 28.0. The first-order valence-corrected chi connectivity index (χ1v) is 17.7. The van der Waals surface area contributed by atoms with Gasteiger partial charge in [0.25, 0.3) is 11.1 Å². The van der Waals surface area contributed by atoms with Crippen LogP contribution in [0, 0.1) is 5.92 Å². The van der Waals surface area contributed by atoms with Crippen molar-refractivity contribution in [2.75, 3.05) is 6.54 Å². The van der Waals surface area contributed by atoms with Crippen molar-refractivity contribution in [3.05, 3.63) is 66.7 Å². The van der Waals surface area contributed by atoms with Gasteiger partial charge in [0.15, 0.2) is 5.75 Å². The number of amides is 4. The lowest BCUT2D eigenvalue weighted by molar-refractivity contribution is -0.142. The standard InChI is InChI=1S/C36H43N5O7S/c1-35(2,3)47-33(45)37-27-18-11-6-4-5-8-14-23-21-36(23,32(44)40-48-24-15-9-7-10-16-24)39-30(42)28-20-25(22-41(28)31(27)43)46-34-38-26-17-12-13-19-29(26)49-34/h7-10,12-17,19,23,25,27-28H,4-6,11,18,20-22H2,1-3H3,(H,37,45)(H,39,42)(H,40,44)/b14-8-/t23-,25-,27+,28+,36-/m1/s1. The number of para-hydroxylation sites is 2. The number of hydrogen-bond donors (Lipinski definition) is 3. The minimum Gasteiger partial charge on any atom is -0.465 e. The number of allylic oxidation sites excluding steroid dienone is 1. The van der Waals surface area contributed by atoms with Crippen molar-refractivity contribution in [1.82, 2.24) is 26.0 Å². The summed E-state index contributed by atoms with van der Waals surface area (Å²) in [5.41, 5.74) is 1.31. The molecule has 0 bridgehead atoms. The summed E-state index contributed by atoms with van der Waals surface area (Å²) >= 11 is 1.39. The maximum Gasteiger partial charge on any atom is 0.408 e. The van der Waals surface area contributed by atoms with Crippen LogP contribution < -0.4 is 25.7 Å². The highest BCUT2D eigenvalue weighted by molar-refractivity contribution is 7.20. The molecular formula is C36H43N5O7S. The predicted octanol–water partition coefficient (Wildman–Crippen LogP) is 5.04. The number of alkyl carbamates (subject to hydrolysis) is 1. The smallest absolute Gasteiger partial charge is 0.408 e. The maximum absolute atomic E-state index is 14.3. The summed E-state index contributed by atoms with van der Waals surface area (Å²) in [4.78, 5) is 66.7. The number of carbonyl (C=O) groups is 4. The van der Waals surface area contributed by atoms with Gasteiger partial charge < -0.3 is 29.8 Å². The fourth-order valence-corrected chi connectivity index (χ4v) is 7.23. The van der Waals surface area contributed by atoms with E-state index in [-0.39, 0.29) is 18.9 Å². The Morgan fingerprint density at radius 1 is 1.04 bits per heavy atom. The molecule has 2 aromatic carbocycles. The Labute approximate surface area is 289 Å². The fourth-order valence-electron chi connectivity index (χ4n) is 6.34. The van der Waals surface area contributed by atoms with Gasteiger partial charge in [0.1, 0.15) is 29.3 Å². The molecule has 1 aromatic heterocycles. The summed E-state index contributed by atoms with van der Waals surface area (Å²) in [7, 11) is 0. The number of carbonyl (C=O) groups excluding carboxylic acids is 4. The lowest BCUT2D eigenvalue weighted by atomic mass is 10.0. The van der Waals surface area contributed by atoms with Crippen molar-refractivity contribution < 1.29 is 33.5 Å². The van der Waals surface area contributed by atoms with Crippen LogP contribution in [0.5, 0.6) is 10.9 Å². The molecule has 3 aliphatic rings. The molecule has 0 unspecified atom stereocenters. The number of thiazole rings is 1. The van der Waals surface area contributed by atoms with Gasteiger partial charge in [0.05, 0.1) is 16.8 Å². The molecule has 0 spiro atoms. The number of fused-ring (bicyclic) bond motifs is 3. The van der Waals surface area contributed by atoms with E-state index in [4.69, 9.17) is 14.3 Å². The van der Waals surface area contributed by atoms with Gasteiger partial charge in [-0.2, -0.15) is 5.48 Å². The van der Waals surface area contributed by atoms with Crippen LogP contribution >= 0.6 is 11.3 Å². The van der Waals surface area contributed by atoms with E-state index in [9.17, 15) is 19.2 Å². The van der Waals surface area contributed by atoms with Crippen LogP contribution in [0.2, 0.25) is 0 Å². The third-order valence-corrected chi connectivity index (χ3v) is 9.81. The third-order valence-electron chi connectivity index (χ3n) is 8.88. The Morgan fingerprint density at radius 2 is 1.82 bits per heavy atom. The predicted molar refractivity (Wildman–Crippen MR) is 184 cm³/mol. The largest absolute Gasteiger partial charge is 0.465 e. The van der Waals surface area contributed by atoms with Crippen LogP contribution in [0.15, 0.2) is 66.7 Å². The van der Waals surface area contributed by atoms with Crippen LogP contribution in [-0.4, -0.2) is 69.6 Å². The van der Waals surface area contributed by atoms with Crippen molar-refractivity contribution in [3.8, 4) is 10.9 Å². The number of hydrogen-bond acceptors (Lipinski definition) is 9. The molecule has 3 N–H and O–H groups in total. The van der Waals surface area contributed by atoms with E-state index in [2.05, 4.69) is 21.1 Å². The van der Waals surface area contributed by atoms with Crippen molar-refractivity contribution >= 4 is 45.4 Å². The molecule has 4 amide bonds. The average molecular weight is 690 g/mol. The number of rotatable bonds is 6. The molecule has 2 aliphatic heterocycles. The van der Waals surface area contributed by atoms with Crippen molar-refractivity contribution in [2.45, 2.75) is 95.0 Å². The second-order valence-electron chi connectivity index (χ2n) is 13.8. The monoisotopic (exact) mass is 689 g/mol. The SMILES string of the molecule is CC(C)(C)OC(=O)N[C@H]1CCCCC/C=C\[C@@H]2C[C@@]2(C(=O)NOc2ccccc2)NC(=O)[C@@H]2C[C@@H](Oc3nc4ccccc4s3)CN2C1=O. The second-order valence-corrected chi connectivity index (χ2v) is 14.8. The van der Waals surface area contributed by atoms with Gasteiger partial charge in [-0.15, -0.1) is 0 Å². The number of nitrogens with zero attached hydrogens (tertiary/aromatic N) is 2. The molecule has 3 heterocycles. The van der Waals surface area contributed by atoms with Gasteiger partial charge in [0, 0.05) is 12.3 Å². The first-order valence-electron chi connectivity index (χ1n) is 16.8. The topological polar surface area (TPSA) is 148 Å². The van der Waals surface area contributed by atoms with E-state index in [0.29, 0.717) is 30.2 Å². The van der Waals surface area contributed by atoms with Crippen LogP contribution in [0.1, 0.15) is 65.7 Å². The number of aromatic nitrogens is 1. The van der Waals surface area contributed by atoms with Gasteiger partial charge in [-0.25, -0.2) is 9.78 Å². The van der Waals surface area contributed by atoms with Gasteiger partial charge in [-0.05, 0) is 70.7 Å². The zero-order chi connectivity index (χ0) is 34.6. The Balaban J connectivity index is 1.26. The van der Waals surface area contributed by atoms with E-state index in [1.54, 1.807) is 45.0 Å². The molecule has 3 aromatic rings. The molecule has 6 rings (SSSR count). The van der Waals surface area contributed by atoms with Gasteiger partial charge in [-0.1, -0.05) is 66.7 Å². The molecule has 2 fully saturated rings. The molecule has 12 nitrogen and oxygen atoms in total. The number of benzene rings is 2. The van der Waals surface area contributed by atoms with Crippen molar-refractivity contribution in [3.63, 3.8) is 0 Å². The molecule has 13 heteroatoms. The molecule has 260 valence electrons. The Bertz CT molecular complexity index is 1670. The second kappa shape index (κ2) is 14.5. The molecule has 1 saturated carbocycles. The Kier molecular flexibility index (Phi) is 10.1. The van der Waals surface area contributed by atoms with Crippen LogP contribution in [0.3, 0.4) is 0 Å². The van der Waals surface area contributed by atoms with Gasteiger partial charge >= 0.3 is 6.09 Å². The highest BCUT2D eigenvalue weighted by Crippen LogP contribution is 2.45. The maximum atomic E-state index is 14.3. The summed E-state index contributed by atoms with van der Waals surface area (Å²) in [6.07, 6.45) is 6.84. The summed E-state index contributed by atoms with van der Waals surface area (Å²) in [6, 6.07) is 14.6. The number of nitrogens with one attached hydrogen (secondary N) is 3. The molecule has 1 aliphatic carbocycles. The lowest BCUT2D eigenvalue weighted by Crippen LogP contribution is -2.58. The minimum absolute atomic E-state index is 0.0962. The Morgan fingerprint density at radius 3 is 2.59 bits per heavy atom. The van der Waals surface area contributed by atoms with Gasteiger partial charge in [-0.3, -0.25) is 14.4 Å². The fraction of sp³-hybridized carbons (Fsp3) is 0.472. The van der Waals surface area contributed by atoms with Gasteiger partial charge in [0.2, 0.25) is 11.8 Å². The highest BCUT2D eigenvalue weighted by atomic mass is 32.1. The summed E-state index contributed by atoms with van der Waals surface area (Å²) < 4.78 is 12.7. The molecule has 49 heavy (non-hydrogen) atoms. The minimum atomic E-state index is -1.25. The molecular weight excluding hydrogens is 646 g/mol. The normalized spacial score (nSPS) is 26.6. The Hall–Kier alpha value is -4.65. The van der Waals surface area contributed by atoms with Crippen LogP contribution in [0.25, 0.3) is 10.2 Å². The van der Waals surface area contributed by atoms with E-state index in [1.165, 1.54) is 16.2 Å². The first-order chi connectivity index (χ1) is 23.5. The first kappa shape index (κ1) is 34.2.